The minimum absolute atomic E-state index is 0.00782. The Kier molecular flexibility index (Phi) is 9.40. The fourth-order valence-electron chi connectivity index (χ4n) is 3.06. The summed E-state index contributed by atoms with van der Waals surface area (Å²) >= 11 is 0. The number of carboxylic acids is 1. The monoisotopic (exact) mass is 371 g/mol. The summed E-state index contributed by atoms with van der Waals surface area (Å²) in [6, 6.07) is -0.0380. The number of amides is 3. The van der Waals surface area contributed by atoms with E-state index in [0.717, 1.165) is 0 Å². The van der Waals surface area contributed by atoms with E-state index in [4.69, 9.17) is 9.84 Å². The zero-order valence-electron chi connectivity index (χ0n) is 16.4. The molecule has 0 aromatic heterocycles. The number of carbonyl (C=O) groups excluding carboxylic acids is 2. The Morgan fingerprint density at radius 2 is 1.85 bits per heavy atom. The van der Waals surface area contributed by atoms with Crippen molar-refractivity contribution in [3.05, 3.63) is 0 Å². The van der Waals surface area contributed by atoms with E-state index in [1.807, 2.05) is 6.92 Å². The molecule has 1 atom stereocenters. The van der Waals surface area contributed by atoms with E-state index in [1.165, 1.54) is 4.90 Å². The van der Waals surface area contributed by atoms with Crippen LogP contribution >= 0.6 is 0 Å². The normalized spacial score (nSPS) is 16.2. The van der Waals surface area contributed by atoms with Gasteiger partial charge in [0.1, 0.15) is 0 Å². The van der Waals surface area contributed by atoms with Gasteiger partial charge in [-0.2, -0.15) is 0 Å². The lowest BCUT2D eigenvalue weighted by atomic mass is 9.94. The van der Waals surface area contributed by atoms with Gasteiger partial charge in [-0.15, -0.1) is 0 Å². The molecule has 8 nitrogen and oxygen atoms in total. The first-order chi connectivity index (χ1) is 12.3. The number of urea groups is 1. The third kappa shape index (κ3) is 6.82. The highest BCUT2D eigenvalue weighted by atomic mass is 16.5. The van der Waals surface area contributed by atoms with Crippen molar-refractivity contribution in [3.63, 3.8) is 0 Å². The molecule has 0 bridgehead atoms. The molecule has 0 aliphatic carbocycles. The smallest absolute Gasteiger partial charge is 0.319 e. The predicted octanol–water partition coefficient (Wildman–Crippen LogP) is 1.36. The number of carbonyl (C=O) groups is 3. The second-order valence-electron chi connectivity index (χ2n) is 7.01. The SMILES string of the molecule is CCOCCCN(CC(C)C(=O)O)C(=O)C1CCN(C(=O)N(C)C)CC1. The Bertz CT molecular complexity index is 475. The standard InChI is InChI=1S/C18H33N3O5/c1-5-26-12-6-9-21(13-14(2)17(23)24)16(22)15-7-10-20(11-8-15)18(25)19(3)4/h14-15H,5-13H2,1-4H3,(H,23,24). The summed E-state index contributed by atoms with van der Waals surface area (Å²) in [5.41, 5.74) is 0. The molecule has 1 N–H and O–H groups in total. The highest BCUT2D eigenvalue weighted by Gasteiger charge is 2.31. The van der Waals surface area contributed by atoms with E-state index in [9.17, 15) is 14.4 Å². The highest BCUT2D eigenvalue weighted by Crippen LogP contribution is 2.21. The molecule has 1 heterocycles. The lowest BCUT2D eigenvalue weighted by molar-refractivity contribution is -0.144. The van der Waals surface area contributed by atoms with Crippen LogP contribution in [0.15, 0.2) is 0 Å². The molecule has 1 rings (SSSR count). The Hall–Kier alpha value is -1.83. The van der Waals surface area contributed by atoms with Gasteiger partial charge in [0.05, 0.1) is 5.92 Å². The van der Waals surface area contributed by atoms with Gasteiger partial charge in [-0.3, -0.25) is 9.59 Å². The van der Waals surface area contributed by atoms with Gasteiger partial charge in [0.15, 0.2) is 0 Å². The van der Waals surface area contributed by atoms with Crippen LogP contribution in [0.25, 0.3) is 0 Å². The van der Waals surface area contributed by atoms with Crippen molar-refractivity contribution in [1.29, 1.82) is 0 Å². The van der Waals surface area contributed by atoms with Crippen LogP contribution in [0.5, 0.6) is 0 Å². The zero-order chi connectivity index (χ0) is 19.7. The fraction of sp³-hybridized carbons (Fsp3) is 0.833. The van der Waals surface area contributed by atoms with E-state index in [-0.39, 0.29) is 24.4 Å². The van der Waals surface area contributed by atoms with Crippen LogP contribution in [0.3, 0.4) is 0 Å². The van der Waals surface area contributed by atoms with Crippen molar-refractivity contribution in [3.8, 4) is 0 Å². The average molecular weight is 371 g/mol. The first-order valence-electron chi connectivity index (χ1n) is 9.33. The van der Waals surface area contributed by atoms with E-state index < -0.39 is 11.9 Å². The zero-order valence-corrected chi connectivity index (χ0v) is 16.4. The molecule has 8 heteroatoms. The van der Waals surface area contributed by atoms with Crippen molar-refractivity contribution in [2.45, 2.75) is 33.1 Å². The largest absolute Gasteiger partial charge is 0.481 e. The molecular formula is C18H33N3O5. The Labute approximate surface area is 156 Å². The molecule has 150 valence electrons. The van der Waals surface area contributed by atoms with Gasteiger partial charge in [-0.25, -0.2) is 4.79 Å². The van der Waals surface area contributed by atoms with Gasteiger partial charge < -0.3 is 24.5 Å². The third-order valence-electron chi connectivity index (χ3n) is 4.65. The molecular weight excluding hydrogens is 338 g/mol. The van der Waals surface area contributed by atoms with Crippen LogP contribution in [-0.4, -0.2) is 91.2 Å². The molecule has 0 radical (unpaired) electrons. The maximum absolute atomic E-state index is 12.9. The number of carboxylic acid groups (broad SMARTS) is 1. The minimum atomic E-state index is -0.904. The van der Waals surface area contributed by atoms with Gasteiger partial charge in [-0.05, 0) is 26.2 Å². The van der Waals surface area contributed by atoms with Crippen LogP contribution < -0.4 is 0 Å². The maximum Gasteiger partial charge on any atom is 0.319 e. The third-order valence-corrected chi connectivity index (χ3v) is 4.65. The summed E-state index contributed by atoms with van der Waals surface area (Å²) in [6.07, 6.45) is 1.91. The van der Waals surface area contributed by atoms with Crippen LogP contribution in [0.1, 0.15) is 33.1 Å². The van der Waals surface area contributed by atoms with Crippen molar-refractivity contribution >= 4 is 17.9 Å². The van der Waals surface area contributed by atoms with Crippen LogP contribution in [-0.2, 0) is 14.3 Å². The molecule has 26 heavy (non-hydrogen) atoms. The Balaban J connectivity index is 2.63. The summed E-state index contributed by atoms with van der Waals surface area (Å²) < 4.78 is 5.32. The predicted molar refractivity (Wildman–Crippen MR) is 97.9 cm³/mol. The van der Waals surface area contributed by atoms with Crippen LogP contribution in [0.2, 0.25) is 0 Å². The van der Waals surface area contributed by atoms with Crippen molar-refractivity contribution in [2.75, 3.05) is 53.5 Å². The summed E-state index contributed by atoms with van der Waals surface area (Å²) in [5, 5.41) is 9.17. The van der Waals surface area contributed by atoms with E-state index in [2.05, 4.69) is 0 Å². The Morgan fingerprint density at radius 1 is 1.23 bits per heavy atom. The van der Waals surface area contributed by atoms with Gasteiger partial charge >= 0.3 is 12.0 Å². The summed E-state index contributed by atoms with van der Waals surface area (Å²) in [7, 11) is 3.43. The van der Waals surface area contributed by atoms with E-state index in [1.54, 1.807) is 30.8 Å². The molecule has 1 fully saturated rings. The van der Waals surface area contributed by atoms with E-state index in [0.29, 0.717) is 52.1 Å². The number of rotatable bonds is 9. The molecule has 1 unspecified atom stereocenters. The first kappa shape index (κ1) is 22.2. The Morgan fingerprint density at radius 3 is 2.35 bits per heavy atom. The number of likely N-dealkylation sites (tertiary alicyclic amines) is 1. The van der Waals surface area contributed by atoms with E-state index >= 15 is 0 Å². The molecule has 3 amide bonds. The van der Waals surface area contributed by atoms with Crippen molar-refractivity contribution in [2.24, 2.45) is 11.8 Å². The average Bonchev–Trinajstić information content (AvgIpc) is 2.62. The number of ether oxygens (including phenoxy) is 1. The first-order valence-corrected chi connectivity index (χ1v) is 9.33. The van der Waals surface area contributed by atoms with Gasteiger partial charge in [-0.1, -0.05) is 6.92 Å². The lowest BCUT2D eigenvalue weighted by Crippen LogP contribution is -2.48. The fourth-order valence-corrected chi connectivity index (χ4v) is 3.06. The summed E-state index contributed by atoms with van der Waals surface area (Å²) in [4.78, 5) is 41.0. The van der Waals surface area contributed by atoms with Crippen molar-refractivity contribution < 1.29 is 24.2 Å². The second-order valence-corrected chi connectivity index (χ2v) is 7.01. The number of hydrogen-bond donors (Lipinski definition) is 1. The highest BCUT2D eigenvalue weighted by molar-refractivity contribution is 5.80. The molecule has 1 saturated heterocycles. The molecule has 0 spiro atoms. The number of hydrogen-bond acceptors (Lipinski definition) is 4. The second kappa shape index (κ2) is 11.0. The summed E-state index contributed by atoms with van der Waals surface area (Å²) in [5.74, 6) is -1.68. The maximum atomic E-state index is 12.9. The summed E-state index contributed by atoms with van der Waals surface area (Å²) in [6.45, 7) is 6.50. The molecule has 0 saturated carbocycles. The number of aliphatic carboxylic acids is 1. The number of piperidine rings is 1. The quantitative estimate of drug-likeness (QED) is 0.618. The van der Waals surface area contributed by atoms with Gasteiger partial charge in [0.25, 0.3) is 0 Å². The molecule has 1 aliphatic rings. The van der Waals surface area contributed by atoms with Crippen LogP contribution in [0, 0.1) is 11.8 Å². The molecule has 0 aromatic carbocycles. The van der Waals surface area contributed by atoms with Crippen LogP contribution in [0.4, 0.5) is 4.79 Å². The van der Waals surface area contributed by atoms with Gasteiger partial charge in [0.2, 0.25) is 5.91 Å². The van der Waals surface area contributed by atoms with Gasteiger partial charge in [0, 0.05) is 59.4 Å². The molecule has 0 aromatic rings. The molecule has 1 aliphatic heterocycles. The lowest BCUT2D eigenvalue weighted by Gasteiger charge is -2.35. The van der Waals surface area contributed by atoms with Crippen molar-refractivity contribution in [1.82, 2.24) is 14.7 Å². The topological polar surface area (TPSA) is 90.4 Å². The number of nitrogens with zero attached hydrogens (tertiary/aromatic N) is 3. The minimum Gasteiger partial charge on any atom is -0.481 e.